The van der Waals surface area contributed by atoms with Gasteiger partial charge in [-0.15, -0.1) is 23.7 Å². The fourth-order valence-corrected chi connectivity index (χ4v) is 3.05. The minimum atomic E-state index is -0.0956. The first-order valence-corrected chi connectivity index (χ1v) is 8.07. The summed E-state index contributed by atoms with van der Waals surface area (Å²) < 4.78 is 0. The Morgan fingerprint density at radius 1 is 1.04 bits per heavy atom. The summed E-state index contributed by atoms with van der Waals surface area (Å²) in [5.41, 5.74) is 3.61. The minimum absolute atomic E-state index is 0. The van der Waals surface area contributed by atoms with Crippen LogP contribution in [0, 0.1) is 0 Å². The van der Waals surface area contributed by atoms with E-state index in [0.717, 1.165) is 28.1 Å². The van der Waals surface area contributed by atoms with Gasteiger partial charge < -0.3 is 10.3 Å². The molecule has 0 saturated heterocycles. The van der Waals surface area contributed by atoms with Crippen molar-refractivity contribution < 1.29 is 4.79 Å². The molecule has 0 aliphatic rings. The fraction of sp³-hybridized carbons (Fsp3) is 0. The van der Waals surface area contributed by atoms with Crippen molar-refractivity contribution in [1.29, 1.82) is 0 Å². The Labute approximate surface area is 149 Å². The molecule has 4 nitrogen and oxygen atoms in total. The third-order valence-corrected chi connectivity index (χ3v) is 4.40. The number of imidazole rings is 1. The van der Waals surface area contributed by atoms with Crippen LogP contribution in [0.2, 0.25) is 0 Å². The van der Waals surface area contributed by atoms with E-state index in [4.69, 9.17) is 0 Å². The van der Waals surface area contributed by atoms with Crippen molar-refractivity contribution in [3.8, 4) is 11.4 Å². The van der Waals surface area contributed by atoms with E-state index < -0.39 is 0 Å². The van der Waals surface area contributed by atoms with Crippen LogP contribution in [0.1, 0.15) is 9.67 Å². The number of amides is 1. The van der Waals surface area contributed by atoms with E-state index in [1.807, 2.05) is 66.0 Å². The first kappa shape index (κ1) is 16.2. The van der Waals surface area contributed by atoms with Crippen molar-refractivity contribution in [1.82, 2.24) is 9.97 Å². The fourth-order valence-electron chi connectivity index (χ4n) is 2.43. The lowest BCUT2D eigenvalue weighted by Crippen LogP contribution is -2.09. The number of carbonyl (C=O) groups is 1. The van der Waals surface area contributed by atoms with Crippen LogP contribution in [0.3, 0.4) is 0 Å². The topological polar surface area (TPSA) is 57.8 Å². The number of rotatable bonds is 3. The van der Waals surface area contributed by atoms with Crippen LogP contribution in [0.25, 0.3) is 22.4 Å². The van der Waals surface area contributed by atoms with Crippen molar-refractivity contribution in [2.24, 2.45) is 0 Å². The molecule has 2 heterocycles. The highest BCUT2D eigenvalue weighted by Crippen LogP contribution is 2.23. The van der Waals surface area contributed by atoms with Crippen LogP contribution in [-0.4, -0.2) is 15.9 Å². The Bertz CT molecular complexity index is 946. The van der Waals surface area contributed by atoms with Gasteiger partial charge in [-0.3, -0.25) is 4.79 Å². The summed E-state index contributed by atoms with van der Waals surface area (Å²) in [6, 6.07) is 19.2. The van der Waals surface area contributed by atoms with Crippen molar-refractivity contribution in [3.05, 3.63) is 70.9 Å². The molecule has 0 aliphatic carbocycles. The summed E-state index contributed by atoms with van der Waals surface area (Å²) in [5, 5.41) is 4.81. The highest BCUT2D eigenvalue weighted by Gasteiger charge is 2.09. The highest BCUT2D eigenvalue weighted by molar-refractivity contribution is 7.12. The zero-order chi connectivity index (χ0) is 15.6. The number of benzene rings is 2. The standard InChI is InChI=1S/C18H13N3OS.ClH/c22-18(16-9-4-10-23-16)19-13-6-3-5-12(11-13)17-20-14-7-1-2-8-15(14)21-17;/h1-11H,(H,19,22)(H,20,21);1H. The third kappa shape index (κ3) is 3.18. The van der Waals surface area contributed by atoms with Crippen LogP contribution < -0.4 is 5.32 Å². The Kier molecular flexibility index (Phi) is 4.64. The number of fused-ring (bicyclic) bond motifs is 1. The summed E-state index contributed by atoms with van der Waals surface area (Å²) >= 11 is 1.42. The molecule has 0 bridgehead atoms. The largest absolute Gasteiger partial charge is 0.338 e. The molecule has 0 spiro atoms. The number of nitrogens with one attached hydrogen (secondary N) is 2. The molecule has 2 aromatic carbocycles. The first-order valence-electron chi connectivity index (χ1n) is 7.20. The molecule has 4 rings (SSSR count). The normalized spacial score (nSPS) is 10.3. The smallest absolute Gasteiger partial charge is 0.265 e. The number of carbonyl (C=O) groups excluding carboxylic acids is 1. The number of para-hydroxylation sites is 2. The molecule has 0 fully saturated rings. The number of aromatic amines is 1. The SMILES string of the molecule is Cl.O=C(Nc1cccc(-c2nc3ccccc3[nH]2)c1)c1cccs1. The molecule has 0 aliphatic heterocycles. The number of H-pyrrole nitrogens is 1. The first-order chi connectivity index (χ1) is 11.3. The van der Waals surface area contributed by atoms with E-state index >= 15 is 0 Å². The van der Waals surface area contributed by atoms with Gasteiger partial charge in [0.25, 0.3) is 5.91 Å². The third-order valence-electron chi connectivity index (χ3n) is 3.53. The molecule has 0 atom stereocenters. The lowest BCUT2D eigenvalue weighted by molar-refractivity contribution is 0.103. The van der Waals surface area contributed by atoms with Gasteiger partial charge in [0.1, 0.15) is 5.82 Å². The quantitative estimate of drug-likeness (QED) is 0.545. The van der Waals surface area contributed by atoms with Crippen molar-refractivity contribution in [2.45, 2.75) is 0 Å². The maximum Gasteiger partial charge on any atom is 0.265 e. The van der Waals surface area contributed by atoms with Crippen molar-refractivity contribution in [3.63, 3.8) is 0 Å². The molecule has 120 valence electrons. The van der Waals surface area contributed by atoms with Crippen molar-refractivity contribution >= 4 is 46.4 Å². The van der Waals surface area contributed by atoms with Crippen LogP contribution in [0.15, 0.2) is 66.0 Å². The second-order valence-electron chi connectivity index (χ2n) is 5.11. The summed E-state index contributed by atoms with van der Waals surface area (Å²) in [6.45, 7) is 0. The van der Waals surface area contributed by atoms with E-state index in [1.54, 1.807) is 0 Å². The number of halogens is 1. The number of nitrogens with zero attached hydrogens (tertiary/aromatic N) is 1. The molecule has 0 unspecified atom stereocenters. The molecule has 2 N–H and O–H groups in total. The second-order valence-corrected chi connectivity index (χ2v) is 6.06. The molecule has 1 amide bonds. The summed E-state index contributed by atoms with van der Waals surface area (Å²) in [6.07, 6.45) is 0. The van der Waals surface area contributed by atoms with Gasteiger partial charge in [0, 0.05) is 11.3 Å². The zero-order valence-corrected chi connectivity index (χ0v) is 14.2. The van der Waals surface area contributed by atoms with Gasteiger partial charge in [-0.2, -0.15) is 0 Å². The lowest BCUT2D eigenvalue weighted by Gasteiger charge is -2.05. The van der Waals surface area contributed by atoms with E-state index in [0.29, 0.717) is 4.88 Å². The number of anilines is 1. The average Bonchev–Trinajstić information content (AvgIpc) is 3.24. The maximum atomic E-state index is 12.1. The van der Waals surface area contributed by atoms with Crippen molar-refractivity contribution in [2.75, 3.05) is 5.32 Å². The van der Waals surface area contributed by atoms with Gasteiger partial charge in [-0.1, -0.05) is 30.3 Å². The minimum Gasteiger partial charge on any atom is -0.338 e. The predicted octanol–water partition coefficient (Wildman–Crippen LogP) is 4.97. The van der Waals surface area contributed by atoms with Gasteiger partial charge in [-0.05, 0) is 35.7 Å². The molecule has 2 aromatic heterocycles. The maximum absolute atomic E-state index is 12.1. The average molecular weight is 356 g/mol. The highest BCUT2D eigenvalue weighted by atomic mass is 35.5. The summed E-state index contributed by atoms with van der Waals surface area (Å²) in [5.74, 6) is 0.695. The Morgan fingerprint density at radius 3 is 2.71 bits per heavy atom. The summed E-state index contributed by atoms with van der Waals surface area (Å²) in [4.78, 5) is 20.7. The van der Waals surface area contributed by atoms with E-state index in [9.17, 15) is 4.79 Å². The zero-order valence-electron chi connectivity index (χ0n) is 12.5. The molecular weight excluding hydrogens is 342 g/mol. The number of hydrogen-bond acceptors (Lipinski definition) is 3. The molecular formula is C18H14ClN3OS. The molecule has 6 heteroatoms. The van der Waals surface area contributed by atoms with Crippen LogP contribution in [0.5, 0.6) is 0 Å². The monoisotopic (exact) mass is 355 g/mol. The Morgan fingerprint density at radius 2 is 1.92 bits per heavy atom. The van der Waals surface area contributed by atoms with Gasteiger partial charge in [0.05, 0.1) is 15.9 Å². The molecule has 0 saturated carbocycles. The lowest BCUT2D eigenvalue weighted by atomic mass is 10.2. The molecule has 24 heavy (non-hydrogen) atoms. The molecule has 0 radical (unpaired) electrons. The number of hydrogen-bond donors (Lipinski definition) is 2. The summed E-state index contributed by atoms with van der Waals surface area (Å²) in [7, 11) is 0. The van der Waals surface area contributed by atoms with Crippen LogP contribution >= 0.6 is 23.7 Å². The van der Waals surface area contributed by atoms with Gasteiger partial charge >= 0.3 is 0 Å². The Hall–Kier alpha value is -2.63. The Balaban J connectivity index is 0.00000169. The van der Waals surface area contributed by atoms with Gasteiger partial charge in [0.2, 0.25) is 0 Å². The van der Waals surface area contributed by atoms with E-state index in [-0.39, 0.29) is 18.3 Å². The van der Waals surface area contributed by atoms with Gasteiger partial charge in [-0.25, -0.2) is 4.98 Å². The predicted molar refractivity (Wildman–Crippen MR) is 101 cm³/mol. The number of aromatic nitrogens is 2. The van der Waals surface area contributed by atoms with E-state index in [2.05, 4.69) is 15.3 Å². The van der Waals surface area contributed by atoms with Crippen LogP contribution in [0.4, 0.5) is 5.69 Å². The molecule has 4 aromatic rings. The van der Waals surface area contributed by atoms with Crippen LogP contribution in [-0.2, 0) is 0 Å². The number of thiophene rings is 1. The van der Waals surface area contributed by atoms with E-state index in [1.165, 1.54) is 11.3 Å². The van der Waals surface area contributed by atoms with Gasteiger partial charge in [0.15, 0.2) is 0 Å². The second kappa shape index (κ2) is 6.86.